The molecule has 0 radical (unpaired) electrons. The van der Waals surface area contributed by atoms with Crippen molar-refractivity contribution in [3.8, 4) is 5.75 Å². The van der Waals surface area contributed by atoms with Crippen LogP contribution in [-0.4, -0.2) is 21.2 Å². The molecule has 0 amide bonds. The summed E-state index contributed by atoms with van der Waals surface area (Å²) in [6.07, 6.45) is -4.55. The van der Waals surface area contributed by atoms with Crippen LogP contribution in [0.2, 0.25) is 5.02 Å². The number of halogens is 4. The van der Waals surface area contributed by atoms with Crippen LogP contribution in [0.5, 0.6) is 5.75 Å². The number of benzene rings is 2. The summed E-state index contributed by atoms with van der Waals surface area (Å²) in [6, 6.07) is 11.0. The predicted molar refractivity (Wildman–Crippen MR) is 80.3 cm³/mol. The molecule has 0 saturated heterocycles. The first-order valence-corrected chi connectivity index (χ1v) is 8.10. The molecular weight excluding hydrogens is 355 g/mol. The molecule has 0 spiro atoms. The molecule has 0 atom stereocenters. The fourth-order valence-electron chi connectivity index (χ4n) is 1.67. The number of hydrogen-bond donors (Lipinski definition) is 1. The average molecular weight is 366 g/mol. The number of hydrogen-bond acceptors (Lipinski definition) is 3. The van der Waals surface area contributed by atoms with Gasteiger partial charge in [-0.05, 0) is 30.3 Å². The number of ether oxygens (including phenoxy) is 1. The number of nitrogens with one attached hydrogen (secondary N) is 1. The van der Waals surface area contributed by atoms with Gasteiger partial charge in [0.25, 0.3) is 10.0 Å². The molecule has 23 heavy (non-hydrogen) atoms. The van der Waals surface area contributed by atoms with E-state index in [4.69, 9.17) is 11.6 Å². The van der Waals surface area contributed by atoms with Crippen LogP contribution in [0, 0.1) is 0 Å². The first kappa shape index (κ1) is 17.4. The molecule has 9 heteroatoms. The molecule has 124 valence electrons. The lowest BCUT2D eigenvalue weighted by Crippen LogP contribution is -2.20. The Morgan fingerprint density at radius 1 is 1.09 bits per heavy atom. The fraction of sp³-hybridized carbons (Fsp3) is 0.143. The maximum absolute atomic E-state index is 12.3. The SMILES string of the molecule is O=S(=O)(Nc1cc(Cl)ccc1OCC(F)(F)F)c1ccccc1. The van der Waals surface area contributed by atoms with Crippen molar-refractivity contribution < 1.29 is 26.3 Å². The molecule has 2 aromatic carbocycles. The Morgan fingerprint density at radius 3 is 2.35 bits per heavy atom. The molecule has 0 fully saturated rings. The molecule has 0 bridgehead atoms. The Balaban J connectivity index is 2.30. The maximum Gasteiger partial charge on any atom is 0.422 e. The van der Waals surface area contributed by atoms with E-state index in [0.717, 1.165) is 6.07 Å². The fourth-order valence-corrected chi connectivity index (χ4v) is 2.93. The summed E-state index contributed by atoms with van der Waals surface area (Å²) in [5.41, 5.74) is -0.175. The summed E-state index contributed by atoms with van der Waals surface area (Å²) < 4.78 is 68.1. The van der Waals surface area contributed by atoms with Gasteiger partial charge in [0, 0.05) is 5.02 Å². The minimum Gasteiger partial charge on any atom is -0.482 e. The van der Waals surface area contributed by atoms with Crippen molar-refractivity contribution in [2.75, 3.05) is 11.3 Å². The minimum absolute atomic E-state index is 0.0400. The molecule has 2 aromatic rings. The van der Waals surface area contributed by atoms with Crippen molar-refractivity contribution >= 4 is 27.3 Å². The van der Waals surface area contributed by atoms with Crippen molar-refractivity contribution in [1.82, 2.24) is 0 Å². The molecule has 0 aliphatic rings. The van der Waals surface area contributed by atoms with Crippen LogP contribution in [0.15, 0.2) is 53.4 Å². The molecule has 0 unspecified atom stereocenters. The van der Waals surface area contributed by atoms with Crippen molar-refractivity contribution in [3.63, 3.8) is 0 Å². The number of anilines is 1. The third kappa shape index (κ3) is 5.04. The summed E-state index contributed by atoms with van der Waals surface area (Å²) in [5.74, 6) is -0.272. The Kier molecular flexibility index (Phi) is 5.06. The minimum atomic E-state index is -4.55. The Bertz CT molecular complexity index is 780. The predicted octanol–water partition coefficient (Wildman–Crippen LogP) is 4.08. The summed E-state index contributed by atoms with van der Waals surface area (Å²) >= 11 is 5.77. The first-order chi connectivity index (χ1) is 10.7. The Labute approximate surface area is 135 Å². The zero-order chi connectivity index (χ0) is 17.1. The molecule has 0 saturated carbocycles. The standard InChI is InChI=1S/C14H11ClF3NO3S/c15-10-6-7-13(22-9-14(16,17)18)12(8-10)19-23(20,21)11-4-2-1-3-5-11/h1-8,19H,9H2. The van der Waals surface area contributed by atoms with Crippen molar-refractivity contribution in [1.29, 1.82) is 0 Å². The van der Waals surface area contributed by atoms with Gasteiger partial charge in [0.2, 0.25) is 0 Å². The smallest absolute Gasteiger partial charge is 0.422 e. The highest BCUT2D eigenvalue weighted by Gasteiger charge is 2.29. The van der Waals surface area contributed by atoms with Crippen molar-refractivity contribution in [2.45, 2.75) is 11.1 Å². The van der Waals surface area contributed by atoms with Gasteiger partial charge in [0.1, 0.15) is 5.75 Å². The third-order valence-electron chi connectivity index (χ3n) is 2.63. The van der Waals surface area contributed by atoms with Gasteiger partial charge in [-0.1, -0.05) is 29.8 Å². The van der Waals surface area contributed by atoms with E-state index in [1.165, 1.54) is 36.4 Å². The highest BCUT2D eigenvalue weighted by molar-refractivity contribution is 7.92. The topological polar surface area (TPSA) is 55.4 Å². The van der Waals surface area contributed by atoms with Crippen LogP contribution < -0.4 is 9.46 Å². The summed E-state index contributed by atoms with van der Waals surface area (Å²) in [5, 5.41) is 0.148. The van der Waals surface area contributed by atoms with Crippen LogP contribution >= 0.6 is 11.6 Å². The zero-order valence-electron chi connectivity index (χ0n) is 11.5. The highest BCUT2D eigenvalue weighted by atomic mass is 35.5. The number of sulfonamides is 1. The van der Waals surface area contributed by atoms with Crippen LogP contribution in [0.1, 0.15) is 0 Å². The van der Waals surface area contributed by atoms with Gasteiger partial charge in [-0.2, -0.15) is 13.2 Å². The third-order valence-corrected chi connectivity index (χ3v) is 4.25. The summed E-state index contributed by atoms with van der Waals surface area (Å²) in [6.45, 7) is -1.55. The molecule has 0 aliphatic carbocycles. The highest BCUT2D eigenvalue weighted by Crippen LogP contribution is 2.31. The molecule has 4 nitrogen and oxygen atoms in total. The molecule has 1 N–H and O–H groups in total. The monoisotopic (exact) mass is 365 g/mol. The zero-order valence-corrected chi connectivity index (χ0v) is 13.0. The van der Waals surface area contributed by atoms with Gasteiger partial charge in [-0.3, -0.25) is 4.72 Å². The van der Waals surface area contributed by atoms with E-state index in [1.807, 2.05) is 0 Å². The van der Waals surface area contributed by atoms with E-state index in [0.29, 0.717) is 0 Å². The lowest BCUT2D eigenvalue weighted by atomic mass is 10.3. The van der Waals surface area contributed by atoms with E-state index < -0.39 is 22.8 Å². The van der Waals surface area contributed by atoms with Crippen LogP contribution in [0.3, 0.4) is 0 Å². The van der Waals surface area contributed by atoms with Crippen LogP contribution in [0.25, 0.3) is 0 Å². The number of rotatable bonds is 5. The Morgan fingerprint density at radius 2 is 1.74 bits per heavy atom. The Hall–Kier alpha value is -1.93. The quantitative estimate of drug-likeness (QED) is 0.868. The maximum atomic E-state index is 12.3. The molecule has 0 aromatic heterocycles. The van der Waals surface area contributed by atoms with E-state index >= 15 is 0 Å². The van der Waals surface area contributed by atoms with Gasteiger partial charge in [0.05, 0.1) is 10.6 Å². The van der Waals surface area contributed by atoms with Gasteiger partial charge < -0.3 is 4.74 Å². The lowest BCUT2D eigenvalue weighted by molar-refractivity contribution is -0.153. The number of alkyl halides is 3. The van der Waals surface area contributed by atoms with Crippen LogP contribution in [-0.2, 0) is 10.0 Å². The van der Waals surface area contributed by atoms with Gasteiger partial charge in [-0.25, -0.2) is 8.42 Å². The summed E-state index contributed by atoms with van der Waals surface area (Å²) in [4.78, 5) is -0.0400. The van der Waals surface area contributed by atoms with E-state index in [1.54, 1.807) is 6.07 Å². The lowest BCUT2D eigenvalue weighted by Gasteiger charge is -2.15. The second-order valence-corrected chi connectivity index (χ2v) is 6.58. The molecule has 2 rings (SSSR count). The van der Waals surface area contributed by atoms with Gasteiger partial charge >= 0.3 is 6.18 Å². The van der Waals surface area contributed by atoms with E-state index in [9.17, 15) is 21.6 Å². The van der Waals surface area contributed by atoms with E-state index in [-0.39, 0.29) is 21.4 Å². The average Bonchev–Trinajstić information content (AvgIpc) is 2.46. The largest absolute Gasteiger partial charge is 0.482 e. The van der Waals surface area contributed by atoms with Gasteiger partial charge in [-0.15, -0.1) is 0 Å². The van der Waals surface area contributed by atoms with Crippen molar-refractivity contribution in [3.05, 3.63) is 53.6 Å². The molecule has 0 aliphatic heterocycles. The second kappa shape index (κ2) is 6.67. The summed E-state index contributed by atoms with van der Waals surface area (Å²) in [7, 11) is -3.98. The molecule has 0 heterocycles. The normalized spacial score (nSPS) is 12.0. The molecular formula is C14H11ClF3NO3S. The second-order valence-electron chi connectivity index (χ2n) is 4.46. The van der Waals surface area contributed by atoms with Crippen LogP contribution in [0.4, 0.5) is 18.9 Å². The first-order valence-electron chi connectivity index (χ1n) is 6.24. The van der Waals surface area contributed by atoms with Crippen molar-refractivity contribution in [2.24, 2.45) is 0 Å². The van der Waals surface area contributed by atoms with E-state index in [2.05, 4.69) is 9.46 Å². The van der Waals surface area contributed by atoms with Gasteiger partial charge in [0.15, 0.2) is 6.61 Å².